The smallest absolute Gasteiger partial charge is 0.0540 e. The number of unbranched alkanes of at least 4 members (excludes halogenated alkanes) is 3. The number of rotatable bonds is 9. The maximum Gasteiger partial charge on any atom is 0.0540 e. The second kappa shape index (κ2) is 9.76. The Morgan fingerprint density at radius 2 is 1.56 bits per heavy atom. The summed E-state index contributed by atoms with van der Waals surface area (Å²) < 4.78 is 0. The van der Waals surface area contributed by atoms with Crippen molar-refractivity contribution in [2.45, 2.75) is 58.0 Å². The van der Waals surface area contributed by atoms with Gasteiger partial charge in [0.15, 0.2) is 0 Å². The Bertz CT molecular complexity index is 191. The summed E-state index contributed by atoms with van der Waals surface area (Å²) in [4.78, 5) is 4.96. The molecule has 0 aliphatic carbocycles. The van der Waals surface area contributed by atoms with Crippen molar-refractivity contribution in [3.05, 3.63) is 0 Å². The van der Waals surface area contributed by atoms with E-state index in [1.54, 1.807) is 0 Å². The number of hydrogen-bond acceptors (Lipinski definition) is 3. The van der Waals surface area contributed by atoms with Crippen molar-refractivity contribution in [3.63, 3.8) is 0 Å². The molecule has 0 unspecified atom stereocenters. The van der Waals surface area contributed by atoms with E-state index in [0.717, 1.165) is 12.8 Å². The first-order valence-electron chi connectivity index (χ1n) is 7.81. The topological polar surface area (TPSA) is 26.7 Å². The summed E-state index contributed by atoms with van der Waals surface area (Å²) in [5.74, 6) is 0. The lowest BCUT2D eigenvalue weighted by Crippen LogP contribution is -2.44. The first-order chi connectivity index (χ1) is 8.72. The van der Waals surface area contributed by atoms with Gasteiger partial charge in [-0.3, -0.25) is 0 Å². The SMILES string of the molecule is CCCCC[C@@H](O)CCCCN1CCN(C)CC1. The molecule has 0 aromatic heterocycles. The number of piperazine rings is 1. The van der Waals surface area contributed by atoms with Crippen LogP contribution in [0.25, 0.3) is 0 Å². The van der Waals surface area contributed by atoms with Gasteiger partial charge >= 0.3 is 0 Å². The molecule has 0 amide bonds. The summed E-state index contributed by atoms with van der Waals surface area (Å²) in [5.41, 5.74) is 0. The van der Waals surface area contributed by atoms with Crippen LogP contribution < -0.4 is 0 Å². The average molecular weight is 256 g/mol. The highest BCUT2D eigenvalue weighted by Crippen LogP contribution is 2.10. The predicted molar refractivity (Wildman–Crippen MR) is 77.9 cm³/mol. The highest BCUT2D eigenvalue weighted by molar-refractivity contribution is 4.69. The van der Waals surface area contributed by atoms with Gasteiger partial charge in [0.1, 0.15) is 0 Å². The molecule has 1 aliphatic rings. The Morgan fingerprint density at radius 1 is 0.944 bits per heavy atom. The molecule has 0 bridgehead atoms. The Kier molecular flexibility index (Phi) is 8.64. The second-order valence-electron chi connectivity index (χ2n) is 5.79. The molecule has 0 aromatic rings. The van der Waals surface area contributed by atoms with Gasteiger partial charge in [-0.25, -0.2) is 0 Å². The maximum absolute atomic E-state index is 9.83. The van der Waals surface area contributed by atoms with Crippen LogP contribution in [-0.4, -0.2) is 60.8 Å². The molecular weight excluding hydrogens is 224 g/mol. The largest absolute Gasteiger partial charge is 0.393 e. The van der Waals surface area contributed by atoms with Gasteiger partial charge < -0.3 is 14.9 Å². The summed E-state index contributed by atoms with van der Waals surface area (Å²) in [5, 5.41) is 9.83. The van der Waals surface area contributed by atoms with Crippen LogP contribution in [0.2, 0.25) is 0 Å². The predicted octanol–water partition coefficient (Wildman–Crippen LogP) is 2.35. The summed E-state index contributed by atoms with van der Waals surface area (Å²) in [6.07, 6.45) is 8.07. The maximum atomic E-state index is 9.83. The summed E-state index contributed by atoms with van der Waals surface area (Å²) in [7, 11) is 2.20. The third-order valence-electron chi connectivity index (χ3n) is 4.00. The van der Waals surface area contributed by atoms with Crippen molar-refractivity contribution in [1.82, 2.24) is 9.80 Å². The summed E-state index contributed by atoms with van der Waals surface area (Å²) in [6, 6.07) is 0. The zero-order chi connectivity index (χ0) is 13.2. The molecule has 1 fully saturated rings. The molecule has 1 atom stereocenters. The molecule has 3 nitrogen and oxygen atoms in total. The molecule has 1 heterocycles. The zero-order valence-electron chi connectivity index (χ0n) is 12.4. The van der Waals surface area contributed by atoms with E-state index in [0.29, 0.717) is 0 Å². The molecule has 0 spiro atoms. The van der Waals surface area contributed by atoms with Crippen LogP contribution in [0.3, 0.4) is 0 Å². The van der Waals surface area contributed by atoms with Crippen LogP contribution in [-0.2, 0) is 0 Å². The molecule has 18 heavy (non-hydrogen) atoms. The molecular formula is C15H32N2O. The Labute approximate surface area is 113 Å². The zero-order valence-corrected chi connectivity index (χ0v) is 12.4. The Hall–Kier alpha value is -0.120. The quantitative estimate of drug-likeness (QED) is 0.642. The minimum Gasteiger partial charge on any atom is -0.393 e. The van der Waals surface area contributed by atoms with Crippen LogP contribution in [0, 0.1) is 0 Å². The van der Waals surface area contributed by atoms with E-state index in [-0.39, 0.29) is 6.10 Å². The lowest BCUT2D eigenvalue weighted by atomic mass is 10.1. The minimum atomic E-state index is -0.0518. The van der Waals surface area contributed by atoms with Crippen LogP contribution in [0.5, 0.6) is 0 Å². The van der Waals surface area contributed by atoms with Gasteiger partial charge in [-0.05, 0) is 39.3 Å². The third kappa shape index (κ3) is 7.34. The highest BCUT2D eigenvalue weighted by atomic mass is 16.3. The molecule has 0 saturated carbocycles. The van der Waals surface area contributed by atoms with E-state index in [4.69, 9.17) is 0 Å². The van der Waals surface area contributed by atoms with Crippen LogP contribution in [0.4, 0.5) is 0 Å². The lowest BCUT2D eigenvalue weighted by Gasteiger charge is -2.32. The van der Waals surface area contributed by atoms with E-state index in [2.05, 4.69) is 23.8 Å². The van der Waals surface area contributed by atoms with E-state index >= 15 is 0 Å². The number of aliphatic hydroxyl groups is 1. The standard InChI is InChI=1S/C15H32N2O/c1-3-4-5-8-15(18)9-6-7-10-17-13-11-16(2)12-14-17/h15,18H,3-14H2,1-2H3/t15-/m1/s1. The lowest BCUT2D eigenvalue weighted by molar-refractivity contribution is 0.135. The van der Waals surface area contributed by atoms with Crippen molar-refractivity contribution in [2.24, 2.45) is 0 Å². The monoisotopic (exact) mass is 256 g/mol. The fraction of sp³-hybridized carbons (Fsp3) is 1.00. The number of aliphatic hydroxyl groups excluding tert-OH is 1. The highest BCUT2D eigenvalue weighted by Gasteiger charge is 2.13. The normalized spacial score (nSPS) is 20.2. The van der Waals surface area contributed by atoms with Gasteiger partial charge in [-0.15, -0.1) is 0 Å². The molecule has 1 N–H and O–H groups in total. The van der Waals surface area contributed by atoms with E-state index in [1.807, 2.05) is 0 Å². The van der Waals surface area contributed by atoms with Crippen molar-refractivity contribution >= 4 is 0 Å². The first-order valence-corrected chi connectivity index (χ1v) is 7.81. The van der Waals surface area contributed by atoms with Gasteiger partial charge in [-0.2, -0.15) is 0 Å². The average Bonchev–Trinajstić information content (AvgIpc) is 2.37. The molecule has 1 saturated heterocycles. The summed E-state index contributed by atoms with van der Waals surface area (Å²) >= 11 is 0. The molecule has 1 rings (SSSR count). The fourth-order valence-corrected chi connectivity index (χ4v) is 2.56. The van der Waals surface area contributed by atoms with Crippen LogP contribution >= 0.6 is 0 Å². The van der Waals surface area contributed by atoms with Crippen molar-refractivity contribution in [3.8, 4) is 0 Å². The van der Waals surface area contributed by atoms with Gasteiger partial charge in [0, 0.05) is 26.2 Å². The Morgan fingerprint density at radius 3 is 2.17 bits per heavy atom. The van der Waals surface area contributed by atoms with Crippen molar-refractivity contribution in [1.29, 1.82) is 0 Å². The first kappa shape index (κ1) is 15.9. The number of likely N-dealkylation sites (N-methyl/N-ethyl adjacent to an activating group) is 1. The van der Waals surface area contributed by atoms with E-state index in [9.17, 15) is 5.11 Å². The van der Waals surface area contributed by atoms with E-state index in [1.165, 1.54) is 64.8 Å². The van der Waals surface area contributed by atoms with Gasteiger partial charge in [-0.1, -0.05) is 26.2 Å². The second-order valence-corrected chi connectivity index (χ2v) is 5.79. The van der Waals surface area contributed by atoms with Crippen molar-refractivity contribution in [2.75, 3.05) is 39.8 Å². The van der Waals surface area contributed by atoms with Crippen molar-refractivity contribution < 1.29 is 5.11 Å². The molecule has 1 aliphatic heterocycles. The Balaban J connectivity index is 1.91. The van der Waals surface area contributed by atoms with Crippen LogP contribution in [0.1, 0.15) is 51.9 Å². The van der Waals surface area contributed by atoms with Gasteiger partial charge in [0.25, 0.3) is 0 Å². The third-order valence-corrected chi connectivity index (χ3v) is 4.00. The van der Waals surface area contributed by atoms with E-state index < -0.39 is 0 Å². The number of hydrogen-bond donors (Lipinski definition) is 1. The molecule has 3 heteroatoms. The van der Waals surface area contributed by atoms with Gasteiger partial charge in [0.2, 0.25) is 0 Å². The molecule has 108 valence electrons. The summed E-state index contributed by atoms with van der Waals surface area (Å²) in [6.45, 7) is 8.28. The fourth-order valence-electron chi connectivity index (χ4n) is 2.56. The number of nitrogens with zero attached hydrogens (tertiary/aromatic N) is 2. The molecule has 0 radical (unpaired) electrons. The minimum absolute atomic E-state index is 0.0518. The molecule has 0 aromatic carbocycles. The van der Waals surface area contributed by atoms with Gasteiger partial charge in [0.05, 0.1) is 6.10 Å². The van der Waals surface area contributed by atoms with Crippen LogP contribution in [0.15, 0.2) is 0 Å².